The number of phenols is 1. The molecule has 0 bridgehead atoms. The van der Waals surface area contributed by atoms with Gasteiger partial charge in [-0.3, -0.25) is 0 Å². The largest absolute Gasteiger partial charge is 0.508 e. The molecule has 1 heterocycles. The van der Waals surface area contributed by atoms with Gasteiger partial charge >= 0.3 is 0 Å². The van der Waals surface area contributed by atoms with Gasteiger partial charge < -0.3 is 5.11 Å². The Morgan fingerprint density at radius 1 is 1.33 bits per heavy atom. The zero-order valence-corrected chi connectivity index (χ0v) is 9.28. The molecule has 2 rings (SSSR count). The molecular weight excluding hydrogens is 212 g/mol. The average molecular weight is 223 g/mol. The summed E-state index contributed by atoms with van der Waals surface area (Å²) in [7, 11) is 0. The van der Waals surface area contributed by atoms with E-state index < -0.39 is 0 Å². The molecule has 1 aromatic carbocycles. The standard InChI is InChI=1S/C11H11ClN2O/c1-7-5-9(15)3-4-11(7)14-6-10(12)8(2)13-14/h3-6,15H,1-2H3. The van der Waals surface area contributed by atoms with Crippen molar-refractivity contribution in [2.75, 3.05) is 0 Å². The van der Waals surface area contributed by atoms with Crippen molar-refractivity contribution in [3.05, 3.63) is 40.7 Å². The molecule has 0 saturated carbocycles. The molecule has 15 heavy (non-hydrogen) atoms. The van der Waals surface area contributed by atoms with Gasteiger partial charge in [0.2, 0.25) is 0 Å². The van der Waals surface area contributed by atoms with Crippen molar-refractivity contribution >= 4 is 11.6 Å². The maximum absolute atomic E-state index is 9.29. The van der Waals surface area contributed by atoms with Gasteiger partial charge in [-0.25, -0.2) is 4.68 Å². The lowest BCUT2D eigenvalue weighted by molar-refractivity contribution is 0.474. The molecule has 0 aliphatic carbocycles. The van der Waals surface area contributed by atoms with Crippen LogP contribution in [0.3, 0.4) is 0 Å². The van der Waals surface area contributed by atoms with Crippen LogP contribution < -0.4 is 0 Å². The highest BCUT2D eigenvalue weighted by Crippen LogP contribution is 2.21. The quantitative estimate of drug-likeness (QED) is 0.806. The van der Waals surface area contributed by atoms with Crippen LogP contribution >= 0.6 is 11.6 Å². The van der Waals surface area contributed by atoms with Crippen LogP contribution in [0, 0.1) is 13.8 Å². The van der Waals surface area contributed by atoms with Crippen molar-refractivity contribution in [1.82, 2.24) is 9.78 Å². The van der Waals surface area contributed by atoms with E-state index in [9.17, 15) is 5.11 Å². The molecule has 1 N–H and O–H groups in total. The van der Waals surface area contributed by atoms with Gasteiger partial charge in [-0.15, -0.1) is 0 Å². The minimum atomic E-state index is 0.256. The Morgan fingerprint density at radius 3 is 2.60 bits per heavy atom. The Balaban J connectivity index is 2.54. The van der Waals surface area contributed by atoms with Crippen LogP contribution in [-0.2, 0) is 0 Å². The number of aryl methyl sites for hydroxylation is 2. The first kappa shape index (κ1) is 10.1. The lowest BCUT2D eigenvalue weighted by atomic mass is 10.2. The summed E-state index contributed by atoms with van der Waals surface area (Å²) in [6.07, 6.45) is 1.76. The van der Waals surface area contributed by atoms with Gasteiger partial charge in [-0.05, 0) is 37.6 Å². The number of rotatable bonds is 1. The fraction of sp³-hybridized carbons (Fsp3) is 0.182. The van der Waals surface area contributed by atoms with Crippen LogP contribution in [0.25, 0.3) is 5.69 Å². The molecule has 0 spiro atoms. The predicted molar refractivity (Wildman–Crippen MR) is 59.7 cm³/mol. The molecule has 2 aromatic rings. The lowest BCUT2D eigenvalue weighted by Crippen LogP contribution is -1.97. The molecule has 0 amide bonds. The Bertz CT molecular complexity index is 486. The first-order valence-electron chi connectivity index (χ1n) is 4.59. The molecular formula is C11H11ClN2O. The van der Waals surface area contributed by atoms with E-state index >= 15 is 0 Å². The highest BCUT2D eigenvalue weighted by molar-refractivity contribution is 6.31. The summed E-state index contributed by atoms with van der Waals surface area (Å²) in [4.78, 5) is 0. The molecule has 1 aromatic heterocycles. The van der Waals surface area contributed by atoms with Crippen molar-refractivity contribution in [3.63, 3.8) is 0 Å². The van der Waals surface area contributed by atoms with Gasteiger partial charge in [0, 0.05) is 6.20 Å². The van der Waals surface area contributed by atoms with Gasteiger partial charge in [0.15, 0.2) is 0 Å². The van der Waals surface area contributed by atoms with E-state index in [0.717, 1.165) is 16.9 Å². The van der Waals surface area contributed by atoms with Crippen molar-refractivity contribution in [3.8, 4) is 11.4 Å². The monoisotopic (exact) mass is 222 g/mol. The van der Waals surface area contributed by atoms with Gasteiger partial charge in [0.25, 0.3) is 0 Å². The molecule has 0 saturated heterocycles. The first-order chi connectivity index (χ1) is 7.08. The average Bonchev–Trinajstić information content (AvgIpc) is 2.46. The van der Waals surface area contributed by atoms with Gasteiger partial charge in [0.1, 0.15) is 5.75 Å². The van der Waals surface area contributed by atoms with E-state index in [1.54, 1.807) is 23.0 Å². The second kappa shape index (κ2) is 3.59. The van der Waals surface area contributed by atoms with Gasteiger partial charge in [-0.2, -0.15) is 5.10 Å². The Morgan fingerprint density at radius 2 is 2.07 bits per heavy atom. The number of nitrogens with zero attached hydrogens (tertiary/aromatic N) is 2. The van der Waals surface area contributed by atoms with Crippen LogP contribution in [0.15, 0.2) is 24.4 Å². The van der Waals surface area contributed by atoms with E-state index in [2.05, 4.69) is 5.10 Å². The maximum atomic E-state index is 9.29. The Labute approximate surface area is 92.9 Å². The summed E-state index contributed by atoms with van der Waals surface area (Å²) < 4.78 is 1.71. The molecule has 0 unspecified atom stereocenters. The zero-order chi connectivity index (χ0) is 11.0. The lowest BCUT2D eigenvalue weighted by Gasteiger charge is -2.05. The second-order valence-corrected chi connectivity index (χ2v) is 3.89. The third kappa shape index (κ3) is 1.83. The van der Waals surface area contributed by atoms with E-state index in [4.69, 9.17) is 11.6 Å². The van der Waals surface area contributed by atoms with Crippen molar-refractivity contribution < 1.29 is 5.11 Å². The number of benzene rings is 1. The zero-order valence-electron chi connectivity index (χ0n) is 8.53. The molecule has 0 atom stereocenters. The molecule has 0 radical (unpaired) electrons. The molecule has 78 valence electrons. The van der Waals surface area contributed by atoms with E-state index in [1.807, 2.05) is 19.9 Å². The normalized spacial score (nSPS) is 10.6. The number of hydrogen-bond donors (Lipinski definition) is 1. The molecule has 4 heteroatoms. The van der Waals surface area contributed by atoms with Gasteiger partial charge in [0.05, 0.1) is 16.4 Å². The third-order valence-corrected chi connectivity index (χ3v) is 2.64. The van der Waals surface area contributed by atoms with Crippen LogP contribution in [0.2, 0.25) is 5.02 Å². The first-order valence-corrected chi connectivity index (χ1v) is 4.97. The van der Waals surface area contributed by atoms with Crippen molar-refractivity contribution in [1.29, 1.82) is 0 Å². The highest BCUT2D eigenvalue weighted by atomic mass is 35.5. The van der Waals surface area contributed by atoms with Gasteiger partial charge in [-0.1, -0.05) is 11.6 Å². The van der Waals surface area contributed by atoms with E-state index in [1.165, 1.54) is 0 Å². The topological polar surface area (TPSA) is 38.0 Å². The van der Waals surface area contributed by atoms with Crippen molar-refractivity contribution in [2.24, 2.45) is 0 Å². The number of aromatic nitrogens is 2. The number of halogens is 1. The fourth-order valence-corrected chi connectivity index (χ4v) is 1.59. The summed E-state index contributed by atoms with van der Waals surface area (Å²) in [5.74, 6) is 0.256. The summed E-state index contributed by atoms with van der Waals surface area (Å²) in [5, 5.41) is 14.2. The Hall–Kier alpha value is -1.48. The summed E-state index contributed by atoms with van der Waals surface area (Å²) >= 11 is 5.93. The smallest absolute Gasteiger partial charge is 0.115 e. The maximum Gasteiger partial charge on any atom is 0.115 e. The fourth-order valence-electron chi connectivity index (χ4n) is 1.46. The second-order valence-electron chi connectivity index (χ2n) is 3.48. The molecule has 0 aliphatic heterocycles. The van der Waals surface area contributed by atoms with Crippen LogP contribution in [0.5, 0.6) is 5.75 Å². The summed E-state index contributed by atoms with van der Waals surface area (Å²) in [6.45, 7) is 3.77. The number of phenolic OH excluding ortho intramolecular Hbond substituents is 1. The number of hydrogen-bond acceptors (Lipinski definition) is 2. The Kier molecular flexibility index (Phi) is 2.40. The molecule has 0 aliphatic rings. The SMILES string of the molecule is Cc1cc(O)ccc1-n1cc(Cl)c(C)n1. The van der Waals surface area contributed by atoms with E-state index in [0.29, 0.717) is 5.02 Å². The minimum absolute atomic E-state index is 0.256. The van der Waals surface area contributed by atoms with E-state index in [-0.39, 0.29) is 5.75 Å². The summed E-state index contributed by atoms with van der Waals surface area (Å²) in [5.41, 5.74) is 2.67. The third-order valence-electron chi connectivity index (χ3n) is 2.27. The minimum Gasteiger partial charge on any atom is -0.508 e. The number of aromatic hydroxyl groups is 1. The summed E-state index contributed by atoms with van der Waals surface area (Å²) in [6, 6.07) is 5.14. The van der Waals surface area contributed by atoms with Crippen LogP contribution in [0.1, 0.15) is 11.3 Å². The van der Waals surface area contributed by atoms with Crippen LogP contribution in [-0.4, -0.2) is 14.9 Å². The molecule has 0 fully saturated rings. The van der Waals surface area contributed by atoms with Crippen molar-refractivity contribution in [2.45, 2.75) is 13.8 Å². The van der Waals surface area contributed by atoms with Crippen LogP contribution in [0.4, 0.5) is 0 Å². The highest BCUT2D eigenvalue weighted by Gasteiger charge is 2.06. The molecule has 3 nitrogen and oxygen atoms in total. The predicted octanol–water partition coefficient (Wildman–Crippen LogP) is 2.85.